The summed E-state index contributed by atoms with van der Waals surface area (Å²) >= 11 is 0. The first-order valence-corrected chi connectivity index (χ1v) is 4.58. The molecule has 0 saturated carbocycles. The molecule has 0 aliphatic carbocycles. The maximum Gasteiger partial charge on any atom is 0.272 e. The summed E-state index contributed by atoms with van der Waals surface area (Å²) in [7, 11) is 1.29. The fourth-order valence-corrected chi connectivity index (χ4v) is 1.37. The molecule has 0 aromatic heterocycles. The van der Waals surface area contributed by atoms with Gasteiger partial charge in [0, 0.05) is 17.2 Å². The van der Waals surface area contributed by atoms with Crippen LogP contribution in [0.1, 0.15) is 19.4 Å². The molecule has 1 aromatic rings. The zero-order valence-corrected chi connectivity index (χ0v) is 9.28. The third kappa shape index (κ3) is 2.27. The van der Waals surface area contributed by atoms with Gasteiger partial charge in [0.05, 0.1) is 18.1 Å². The molecule has 6 heteroatoms. The number of methoxy groups -OCH3 is 1. The Morgan fingerprint density at radius 1 is 1.50 bits per heavy atom. The van der Waals surface area contributed by atoms with Crippen molar-refractivity contribution in [3.05, 3.63) is 33.6 Å². The maximum atomic E-state index is 13.5. The van der Waals surface area contributed by atoms with Gasteiger partial charge in [0.2, 0.25) is 0 Å². The molecular formula is C10H13FN2O3. The van der Waals surface area contributed by atoms with E-state index in [1.54, 1.807) is 13.8 Å². The van der Waals surface area contributed by atoms with Crippen molar-refractivity contribution in [2.75, 3.05) is 7.11 Å². The number of rotatable bonds is 3. The molecule has 0 aliphatic heterocycles. The van der Waals surface area contributed by atoms with Gasteiger partial charge in [-0.15, -0.1) is 0 Å². The van der Waals surface area contributed by atoms with Gasteiger partial charge in [-0.3, -0.25) is 10.1 Å². The van der Waals surface area contributed by atoms with E-state index in [9.17, 15) is 14.5 Å². The molecule has 88 valence electrons. The van der Waals surface area contributed by atoms with E-state index in [1.807, 2.05) is 0 Å². The molecule has 5 nitrogen and oxygen atoms in total. The summed E-state index contributed by atoms with van der Waals surface area (Å²) in [6, 6.07) is 2.04. The first-order chi connectivity index (χ1) is 7.27. The first kappa shape index (κ1) is 12.4. The highest BCUT2D eigenvalue weighted by Crippen LogP contribution is 2.33. The first-order valence-electron chi connectivity index (χ1n) is 4.58. The van der Waals surface area contributed by atoms with Gasteiger partial charge in [0.1, 0.15) is 0 Å². The lowest BCUT2D eigenvalue weighted by atomic mass is 9.94. The minimum atomic E-state index is -0.918. The summed E-state index contributed by atoms with van der Waals surface area (Å²) < 4.78 is 18.4. The van der Waals surface area contributed by atoms with E-state index in [-0.39, 0.29) is 17.0 Å². The molecule has 0 aliphatic rings. The SMILES string of the molecule is COc1c(F)cc([N+](=O)[O-])cc1C(C)(C)N. The van der Waals surface area contributed by atoms with Crippen LogP contribution in [0.15, 0.2) is 12.1 Å². The van der Waals surface area contributed by atoms with Crippen LogP contribution in [0.3, 0.4) is 0 Å². The predicted octanol–water partition coefficient (Wildman–Crippen LogP) is 1.94. The number of hydrogen-bond acceptors (Lipinski definition) is 4. The third-order valence-corrected chi connectivity index (χ3v) is 2.14. The average molecular weight is 228 g/mol. The summed E-state index contributed by atoms with van der Waals surface area (Å²) in [6.07, 6.45) is 0. The molecule has 0 amide bonds. The van der Waals surface area contributed by atoms with Gasteiger partial charge in [-0.05, 0) is 13.8 Å². The van der Waals surface area contributed by atoms with E-state index in [0.717, 1.165) is 6.07 Å². The van der Waals surface area contributed by atoms with Crippen LogP contribution < -0.4 is 10.5 Å². The average Bonchev–Trinajstić information content (AvgIpc) is 2.14. The van der Waals surface area contributed by atoms with E-state index in [4.69, 9.17) is 10.5 Å². The van der Waals surface area contributed by atoms with Crippen LogP contribution >= 0.6 is 0 Å². The van der Waals surface area contributed by atoms with Crippen molar-refractivity contribution >= 4 is 5.69 Å². The number of benzene rings is 1. The van der Waals surface area contributed by atoms with Crippen molar-refractivity contribution in [3.63, 3.8) is 0 Å². The molecule has 2 N–H and O–H groups in total. The number of nitrogens with zero attached hydrogens (tertiary/aromatic N) is 1. The Hall–Kier alpha value is -1.69. The van der Waals surface area contributed by atoms with E-state index in [0.29, 0.717) is 0 Å². The molecule has 16 heavy (non-hydrogen) atoms. The predicted molar refractivity (Wildman–Crippen MR) is 56.8 cm³/mol. The standard InChI is InChI=1S/C10H13FN2O3/c1-10(2,12)7-4-6(13(14)15)5-8(11)9(7)16-3/h4-5H,12H2,1-3H3. The topological polar surface area (TPSA) is 78.4 Å². The zero-order valence-electron chi connectivity index (χ0n) is 9.28. The second-order valence-electron chi connectivity index (χ2n) is 3.99. The number of nitrogens with two attached hydrogens (primary N) is 1. The zero-order chi connectivity index (χ0) is 12.5. The minimum absolute atomic E-state index is 0.0573. The maximum absolute atomic E-state index is 13.5. The third-order valence-electron chi connectivity index (χ3n) is 2.14. The summed E-state index contributed by atoms with van der Waals surface area (Å²) in [5.41, 5.74) is 4.81. The van der Waals surface area contributed by atoms with E-state index in [1.165, 1.54) is 13.2 Å². The molecular weight excluding hydrogens is 215 g/mol. The lowest BCUT2D eigenvalue weighted by Gasteiger charge is -2.21. The molecule has 0 saturated heterocycles. The van der Waals surface area contributed by atoms with Gasteiger partial charge < -0.3 is 10.5 Å². The molecule has 0 atom stereocenters. The van der Waals surface area contributed by atoms with Crippen LogP contribution in [0.4, 0.5) is 10.1 Å². The lowest BCUT2D eigenvalue weighted by Crippen LogP contribution is -2.29. The monoisotopic (exact) mass is 228 g/mol. The largest absolute Gasteiger partial charge is 0.493 e. The summed E-state index contributed by atoms with van der Waals surface area (Å²) in [6.45, 7) is 3.24. The molecule has 0 radical (unpaired) electrons. The van der Waals surface area contributed by atoms with Crippen molar-refractivity contribution < 1.29 is 14.1 Å². The van der Waals surface area contributed by atoms with Gasteiger partial charge in [0.25, 0.3) is 5.69 Å². The Labute approximate surface area is 92.2 Å². The van der Waals surface area contributed by atoms with E-state index in [2.05, 4.69) is 0 Å². The van der Waals surface area contributed by atoms with Crippen molar-refractivity contribution in [1.82, 2.24) is 0 Å². The summed E-state index contributed by atoms with van der Waals surface area (Å²) in [4.78, 5) is 9.92. The molecule has 1 rings (SSSR count). The molecule has 0 unspecified atom stereocenters. The molecule has 0 spiro atoms. The van der Waals surface area contributed by atoms with Gasteiger partial charge in [-0.1, -0.05) is 0 Å². The molecule has 0 fully saturated rings. The van der Waals surface area contributed by atoms with Gasteiger partial charge in [0.15, 0.2) is 11.6 Å². The molecule has 0 bridgehead atoms. The Morgan fingerprint density at radius 2 is 2.06 bits per heavy atom. The van der Waals surface area contributed by atoms with Crippen molar-refractivity contribution in [3.8, 4) is 5.75 Å². The van der Waals surface area contributed by atoms with Gasteiger partial charge >= 0.3 is 0 Å². The van der Waals surface area contributed by atoms with Crippen LogP contribution in [-0.2, 0) is 5.54 Å². The van der Waals surface area contributed by atoms with Crippen LogP contribution in [0, 0.1) is 15.9 Å². The van der Waals surface area contributed by atoms with Crippen molar-refractivity contribution in [2.45, 2.75) is 19.4 Å². The van der Waals surface area contributed by atoms with Crippen molar-refractivity contribution in [2.24, 2.45) is 5.73 Å². The molecule has 1 aromatic carbocycles. The lowest BCUT2D eigenvalue weighted by molar-refractivity contribution is -0.385. The summed E-state index contributed by atoms with van der Waals surface area (Å²) in [5.74, 6) is -0.844. The number of ether oxygens (including phenoxy) is 1. The minimum Gasteiger partial charge on any atom is -0.493 e. The highest BCUT2D eigenvalue weighted by Gasteiger charge is 2.26. The van der Waals surface area contributed by atoms with Gasteiger partial charge in [-0.2, -0.15) is 0 Å². The summed E-state index contributed by atoms with van der Waals surface area (Å²) in [5, 5.41) is 10.6. The molecule has 0 heterocycles. The Balaban J connectivity index is 3.49. The number of nitro benzene ring substituents is 1. The second-order valence-corrected chi connectivity index (χ2v) is 3.99. The Kier molecular flexibility index (Phi) is 3.14. The van der Waals surface area contributed by atoms with Crippen LogP contribution in [0.25, 0.3) is 0 Å². The number of nitro groups is 1. The van der Waals surface area contributed by atoms with Crippen LogP contribution in [0.5, 0.6) is 5.75 Å². The smallest absolute Gasteiger partial charge is 0.272 e. The highest BCUT2D eigenvalue weighted by molar-refractivity contribution is 5.48. The fraction of sp³-hybridized carbons (Fsp3) is 0.400. The fourth-order valence-electron chi connectivity index (χ4n) is 1.37. The van der Waals surface area contributed by atoms with E-state index < -0.39 is 16.3 Å². The Bertz CT molecular complexity index is 427. The number of non-ortho nitro benzene ring substituents is 1. The van der Waals surface area contributed by atoms with Crippen molar-refractivity contribution in [1.29, 1.82) is 0 Å². The van der Waals surface area contributed by atoms with Crippen LogP contribution in [-0.4, -0.2) is 12.0 Å². The highest BCUT2D eigenvalue weighted by atomic mass is 19.1. The van der Waals surface area contributed by atoms with E-state index >= 15 is 0 Å². The number of halogens is 1. The van der Waals surface area contributed by atoms with Gasteiger partial charge in [-0.25, -0.2) is 4.39 Å². The normalized spacial score (nSPS) is 11.3. The Morgan fingerprint density at radius 3 is 2.44 bits per heavy atom. The quantitative estimate of drug-likeness (QED) is 0.633. The number of hydrogen-bond donors (Lipinski definition) is 1. The van der Waals surface area contributed by atoms with Crippen LogP contribution in [0.2, 0.25) is 0 Å². The second kappa shape index (κ2) is 4.05.